The number of hydrogen-bond donors (Lipinski definition) is 0. The first-order valence-corrected chi connectivity index (χ1v) is 10.2. The Labute approximate surface area is 158 Å². The average molecular weight is 392 g/mol. The molecule has 6 nitrogen and oxygen atoms in total. The summed E-state index contributed by atoms with van der Waals surface area (Å²) >= 11 is 0. The highest BCUT2D eigenvalue weighted by Gasteiger charge is 2.28. The maximum Gasteiger partial charge on any atom is 0.337 e. The molecule has 8 heteroatoms. The van der Waals surface area contributed by atoms with E-state index in [2.05, 4.69) is 4.74 Å². The van der Waals surface area contributed by atoms with Crippen LogP contribution in [0.1, 0.15) is 15.9 Å². The van der Waals surface area contributed by atoms with Crippen molar-refractivity contribution in [1.29, 1.82) is 0 Å². The van der Waals surface area contributed by atoms with Gasteiger partial charge in [-0.2, -0.15) is 4.31 Å². The topological polar surface area (TPSA) is 66.9 Å². The average Bonchev–Trinajstić information content (AvgIpc) is 2.68. The number of para-hydroxylation sites is 1. The van der Waals surface area contributed by atoms with Gasteiger partial charge in [0, 0.05) is 26.2 Å². The number of benzene rings is 2. The van der Waals surface area contributed by atoms with Crippen molar-refractivity contribution in [3.63, 3.8) is 0 Å². The molecule has 0 aromatic heterocycles. The van der Waals surface area contributed by atoms with Crippen molar-refractivity contribution in [3.8, 4) is 0 Å². The molecule has 144 valence electrons. The van der Waals surface area contributed by atoms with E-state index >= 15 is 0 Å². The van der Waals surface area contributed by atoms with Gasteiger partial charge in [-0.1, -0.05) is 24.3 Å². The van der Waals surface area contributed by atoms with E-state index in [4.69, 9.17) is 0 Å². The van der Waals surface area contributed by atoms with Crippen molar-refractivity contribution < 1.29 is 22.3 Å². The highest BCUT2D eigenvalue weighted by molar-refractivity contribution is 7.88. The third-order valence-corrected chi connectivity index (χ3v) is 6.40. The van der Waals surface area contributed by atoms with Gasteiger partial charge in [-0.3, -0.25) is 0 Å². The first kappa shape index (κ1) is 19.3. The van der Waals surface area contributed by atoms with Gasteiger partial charge in [0.25, 0.3) is 0 Å². The van der Waals surface area contributed by atoms with Gasteiger partial charge in [-0.25, -0.2) is 17.6 Å². The molecule has 2 aromatic carbocycles. The standard InChI is InChI=1S/C19H21FN2O4S/c1-26-19(23)16-8-6-15(7-9-16)14-27(24,25)22-12-10-21(11-13-22)18-5-3-2-4-17(18)20/h2-9H,10-14H2,1H3. The van der Waals surface area contributed by atoms with Gasteiger partial charge in [0.05, 0.1) is 24.1 Å². The maximum absolute atomic E-state index is 13.9. The van der Waals surface area contributed by atoms with Gasteiger partial charge in [0.2, 0.25) is 10.0 Å². The number of sulfonamides is 1. The molecular weight excluding hydrogens is 371 g/mol. The second kappa shape index (κ2) is 8.06. The Morgan fingerprint density at radius 3 is 2.26 bits per heavy atom. The summed E-state index contributed by atoms with van der Waals surface area (Å²) in [5.74, 6) is -0.915. The summed E-state index contributed by atoms with van der Waals surface area (Å²) in [6, 6.07) is 12.8. The lowest BCUT2D eigenvalue weighted by atomic mass is 10.1. The van der Waals surface area contributed by atoms with Gasteiger partial charge in [0.1, 0.15) is 5.82 Å². The molecular formula is C19H21FN2O4S. The lowest BCUT2D eigenvalue weighted by Gasteiger charge is -2.35. The first-order chi connectivity index (χ1) is 12.9. The Morgan fingerprint density at radius 1 is 1.04 bits per heavy atom. The minimum absolute atomic E-state index is 0.145. The molecule has 0 radical (unpaired) electrons. The van der Waals surface area contributed by atoms with Crippen LogP contribution in [0.3, 0.4) is 0 Å². The molecule has 1 saturated heterocycles. The zero-order valence-corrected chi connectivity index (χ0v) is 15.8. The van der Waals surface area contributed by atoms with Gasteiger partial charge in [-0.05, 0) is 29.8 Å². The Morgan fingerprint density at radius 2 is 1.67 bits per heavy atom. The summed E-state index contributed by atoms with van der Waals surface area (Å²) in [6.45, 7) is 1.47. The number of anilines is 1. The van der Waals surface area contributed by atoms with Crippen LogP contribution in [0.2, 0.25) is 0 Å². The molecule has 0 saturated carbocycles. The number of carbonyl (C=O) groups excluding carboxylic acids is 1. The van der Waals surface area contributed by atoms with Crippen LogP contribution in [-0.4, -0.2) is 52.0 Å². The molecule has 27 heavy (non-hydrogen) atoms. The second-order valence-electron chi connectivity index (χ2n) is 6.28. The van der Waals surface area contributed by atoms with Gasteiger partial charge in [-0.15, -0.1) is 0 Å². The third kappa shape index (κ3) is 4.45. The van der Waals surface area contributed by atoms with Crippen molar-refractivity contribution in [3.05, 3.63) is 65.5 Å². The molecule has 1 heterocycles. The second-order valence-corrected chi connectivity index (χ2v) is 8.25. The van der Waals surface area contributed by atoms with Crippen LogP contribution in [0, 0.1) is 5.82 Å². The van der Waals surface area contributed by atoms with Crippen LogP contribution in [0.25, 0.3) is 0 Å². The molecule has 1 aliphatic heterocycles. The molecule has 3 rings (SSSR count). The van der Waals surface area contributed by atoms with E-state index < -0.39 is 16.0 Å². The first-order valence-electron chi connectivity index (χ1n) is 8.55. The number of hydrogen-bond acceptors (Lipinski definition) is 5. The Kier molecular flexibility index (Phi) is 5.76. The number of ether oxygens (including phenoxy) is 1. The van der Waals surface area contributed by atoms with E-state index in [0.717, 1.165) is 0 Å². The Balaban J connectivity index is 1.63. The molecule has 0 aliphatic carbocycles. The van der Waals surface area contributed by atoms with Gasteiger partial charge >= 0.3 is 5.97 Å². The van der Waals surface area contributed by atoms with Crippen molar-refractivity contribution >= 4 is 21.7 Å². The van der Waals surface area contributed by atoms with E-state index in [-0.39, 0.29) is 11.6 Å². The van der Waals surface area contributed by atoms with E-state index in [1.54, 1.807) is 42.5 Å². The molecule has 2 aromatic rings. The Hall–Kier alpha value is -2.45. The monoisotopic (exact) mass is 392 g/mol. The largest absolute Gasteiger partial charge is 0.465 e. The van der Waals surface area contributed by atoms with Crippen molar-refractivity contribution in [1.82, 2.24) is 4.31 Å². The summed E-state index contributed by atoms with van der Waals surface area (Å²) in [6.07, 6.45) is 0. The van der Waals surface area contributed by atoms with Crippen LogP contribution in [0.4, 0.5) is 10.1 Å². The molecule has 1 fully saturated rings. The molecule has 0 N–H and O–H groups in total. The molecule has 0 amide bonds. The van der Waals surface area contributed by atoms with Crippen LogP contribution in [0.15, 0.2) is 48.5 Å². The van der Waals surface area contributed by atoms with Crippen LogP contribution < -0.4 is 4.90 Å². The predicted octanol–water partition coefficient (Wildman–Crippen LogP) is 2.26. The fourth-order valence-electron chi connectivity index (χ4n) is 3.07. The lowest BCUT2D eigenvalue weighted by molar-refractivity contribution is 0.0600. The van der Waals surface area contributed by atoms with E-state index in [1.165, 1.54) is 17.5 Å². The van der Waals surface area contributed by atoms with Crippen molar-refractivity contribution in [2.75, 3.05) is 38.2 Å². The van der Waals surface area contributed by atoms with Crippen LogP contribution in [0.5, 0.6) is 0 Å². The number of carbonyl (C=O) groups is 1. The van der Waals surface area contributed by atoms with E-state index in [0.29, 0.717) is 43.0 Å². The molecule has 1 aliphatic rings. The third-order valence-electron chi connectivity index (χ3n) is 4.55. The summed E-state index contributed by atoms with van der Waals surface area (Å²) in [4.78, 5) is 13.3. The number of rotatable bonds is 5. The summed E-state index contributed by atoms with van der Waals surface area (Å²) in [5.41, 5.74) is 1.46. The zero-order chi connectivity index (χ0) is 19.4. The summed E-state index contributed by atoms with van der Waals surface area (Å²) < 4.78 is 45.3. The zero-order valence-electron chi connectivity index (χ0n) is 15.0. The summed E-state index contributed by atoms with van der Waals surface area (Å²) in [7, 11) is -2.20. The lowest BCUT2D eigenvalue weighted by Crippen LogP contribution is -2.49. The van der Waals surface area contributed by atoms with Gasteiger partial charge < -0.3 is 9.64 Å². The predicted molar refractivity (Wildman–Crippen MR) is 101 cm³/mol. The molecule has 0 unspecified atom stereocenters. The van der Waals surface area contributed by atoms with E-state index in [1.807, 2.05) is 4.90 Å². The number of methoxy groups -OCH3 is 1. The number of piperazine rings is 1. The Bertz CT molecular complexity index is 908. The fraction of sp³-hybridized carbons (Fsp3) is 0.316. The molecule has 0 bridgehead atoms. The molecule has 0 atom stereocenters. The number of esters is 1. The highest BCUT2D eigenvalue weighted by atomic mass is 32.2. The van der Waals surface area contributed by atoms with Gasteiger partial charge in [0.15, 0.2) is 0 Å². The highest BCUT2D eigenvalue weighted by Crippen LogP contribution is 2.22. The van der Waals surface area contributed by atoms with Crippen LogP contribution in [-0.2, 0) is 20.5 Å². The smallest absolute Gasteiger partial charge is 0.337 e. The minimum Gasteiger partial charge on any atom is -0.465 e. The normalized spacial score (nSPS) is 15.6. The van der Waals surface area contributed by atoms with Crippen molar-refractivity contribution in [2.45, 2.75) is 5.75 Å². The number of nitrogens with zero attached hydrogens (tertiary/aromatic N) is 2. The SMILES string of the molecule is COC(=O)c1ccc(CS(=O)(=O)N2CCN(c3ccccc3F)CC2)cc1. The van der Waals surface area contributed by atoms with Crippen LogP contribution >= 0.6 is 0 Å². The minimum atomic E-state index is -3.49. The quantitative estimate of drug-likeness (QED) is 0.731. The summed E-state index contributed by atoms with van der Waals surface area (Å²) in [5, 5.41) is 0. The van der Waals surface area contributed by atoms with Crippen molar-refractivity contribution in [2.24, 2.45) is 0 Å². The maximum atomic E-state index is 13.9. The fourth-order valence-corrected chi connectivity index (χ4v) is 4.59. The molecule has 0 spiro atoms. The number of halogens is 1. The van der Waals surface area contributed by atoms with E-state index in [9.17, 15) is 17.6 Å².